The molecule has 37 heavy (non-hydrogen) atoms. The minimum atomic E-state index is -2.01. The third-order valence-electron chi connectivity index (χ3n) is 6.96. The van der Waals surface area contributed by atoms with Gasteiger partial charge in [-0.15, -0.1) is 12.2 Å². The summed E-state index contributed by atoms with van der Waals surface area (Å²) in [7, 11) is -2.01. The number of fused-ring (bicyclic) bond motifs is 1. The Labute approximate surface area is 232 Å². The number of H-pyrrole nitrogens is 1. The first-order valence-electron chi connectivity index (χ1n) is 12.4. The molecule has 3 atom stereocenters. The summed E-state index contributed by atoms with van der Waals surface area (Å²) in [6, 6.07) is 0. The molecule has 10 nitrogen and oxygen atoms in total. The lowest BCUT2D eigenvalue weighted by Gasteiger charge is -2.37. The molecular weight excluding hydrogens is 570 g/mol. The van der Waals surface area contributed by atoms with Crippen LogP contribution in [0.4, 0.5) is 5.95 Å². The number of rotatable bonds is 8. The van der Waals surface area contributed by atoms with Crippen molar-refractivity contribution in [1.29, 1.82) is 0 Å². The first-order chi connectivity index (χ1) is 17.2. The van der Waals surface area contributed by atoms with Gasteiger partial charge in [-0.1, -0.05) is 57.4 Å². The number of nitrogens with zero attached hydrogens (tertiary/aromatic N) is 3. The fourth-order valence-electron chi connectivity index (χ4n) is 3.67. The van der Waals surface area contributed by atoms with Gasteiger partial charge in [-0.2, -0.15) is 4.98 Å². The SMILES string of the molecule is CC(C)C(=O)Nc1nc2c(ncn2[C@H]2C[C@H](O[P]3(S)SCCS3)[C@@H](CO[Si](C)(C)C(C)(C)C)O2)c(=O)[nH]1. The molecule has 4 rings (SSSR count). The highest BCUT2D eigenvalue weighted by Crippen LogP contribution is 2.87. The van der Waals surface area contributed by atoms with Crippen molar-refractivity contribution in [2.24, 2.45) is 5.92 Å². The van der Waals surface area contributed by atoms with Crippen LogP contribution in [0.2, 0.25) is 18.1 Å². The zero-order chi connectivity index (χ0) is 27.2. The molecule has 1 amide bonds. The van der Waals surface area contributed by atoms with Gasteiger partial charge in [0.2, 0.25) is 11.9 Å². The Kier molecular flexibility index (Phi) is 8.82. The molecule has 2 aromatic rings. The zero-order valence-corrected chi connectivity index (χ0v) is 26.7. The van der Waals surface area contributed by atoms with E-state index in [0.29, 0.717) is 18.7 Å². The summed E-state index contributed by atoms with van der Waals surface area (Å²) in [5, 5.41) is 0.798. The third kappa shape index (κ3) is 6.59. The van der Waals surface area contributed by atoms with Crippen molar-refractivity contribution in [2.75, 3.05) is 23.4 Å². The molecule has 0 spiro atoms. The molecule has 2 saturated heterocycles. The molecule has 0 aromatic carbocycles. The normalized spacial score (nSPS) is 24.3. The van der Waals surface area contributed by atoms with E-state index in [-0.39, 0.29) is 40.5 Å². The van der Waals surface area contributed by atoms with Crippen LogP contribution in [-0.4, -0.2) is 64.1 Å². The van der Waals surface area contributed by atoms with Crippen LogP contribution in [0.5, 0.6) is 0 Å². The van der Waals surface area contributed by atoms with Crippen LogP contribution in [0.25, 0.3) is 11.2 Å². The molecular formula is C22H37N5O5PS3Si. The summed E-state index contributed by atoms with van der Waals surface area (Å²) in [6.07, 6.45) is 1.12. The summed E-state index contributed by atoms with van der Waals surface area (Å²) in [6.45, 7) is 15.0. The Hall–Kier alpha value is -0.603. The number of aromatic nitrogens is 4. The smallest absolute Gasteiger partial charge is 0.280 e. The van der Waals surface area contributed by atoms with Crippen LogP contribution in [0.15, 0.2) is 11.1 Å². The van der Waals surface area contributed by atoms with Crippen molar-refractivity contribution in [3.8, 4) is 0 Å². The molecule has 0 bridgehead atoms. The number of hydrogen-bond acceptors (Lipinski definition) is 10. The minimum Gasteiger partial charge on any atom is -0.414 e. The van der Waals surface area contributed by atoms with Crippen molar-refractivity contribution >= 4 is 71.4 Å². The Morgan fingerprint density at radius 2 is 2.05 bits per heavy atom. The van der Waals surface area contributed by atoms with E-state index in [1.165, 1.54) is 0 Å². The predicted octanol–water partition coefficient (Wildman–Crippen LogP) is 5.50. The van der Waals surface area contributed by atoms with Crippen LogP contribution in [0.1, 0.15) is 47.3 Å². The van der Waals surface area contributed by atoms with Gasteiger partial charge in [0.15, 0.2) is 19.5 Å². The van der Waals surface area contributed by atoms with E-state index in [1.54, 1.807) is 47.5 Å². The van der Waals surface area contributed by atoms with E-state index in [0.717, 1.165) is 11.5 Å². The maximum Gasteiger partial charge on any atom is 0.280 e. The number of carbonyl (C=O) groups excluding carboxylic acids is 1. The van der Waals surface area contributed by atoms with E-state index >= 15 is 0 Å². The second-order valence-corrected chi connectivity index (χ2v) is 27.0. The van der Waals surface area contributed by atoms with Gasteiger partial charge < -0.3 is 13.7 Å². The Morgan fingerprint density at radius 3 is 2.68 bits per heavy atom. The molecule has 2 aromatic heterocycles. The Morgan fingerprint density at radius 1 is 1.38 bits per heavy atom. The monoisotopic (exact) mass is 606 g/mol. The number of imidazole rings is 1. The van der Waals surface area contributed by atoms with Crippen molar-refractivity contribution in [2.45, 2.75) is 77.6 Å². The number of carbonyl (C=O) groups is 1. The van der Waals surface area contributed by atoms with Crippen molar-refractivity contribution in [3.63, 3.8) is 0 Å². The standard InChI is InChI=1S/C22H37N5O5PS3Si/c1-13(2)19(28)25-21-24-18-17(20(29)26-21)23-12-27(18)16-10-14(32-33(34)35-8-9-36-33)15(31-16)11-30-37(6,7)22(3,4)5/h12-16,34H,8-11H2,1-7H3,(H2,24,25,26,28,29)/t14-,15+,16+/m0/s1. The number of thiol groups is 1. The van der Waals surface area contributed by atoms with Gasteiger partial charge in [-0.05, 0) is 18.1 Å². The number of anilines is 1. The second kappa shape index (κ2) is 11.1. The molecule has 0 unspecified atom stereocenters. The molecule has 0 saturated carbocycles. The molecule has 4 heterocycles. The topological polar surface area (TPSA) is 120 Å². The summed E-state index contributed by atoms with van der Waals surface area (Å²) in [5.74, 6) is 1.63. The van der Waals surface area contributed by atoms with Crippen molar-refractivity contribution < 1.29 is 18.5 Å². The van der Waals surface area contributed by atoms with E-state index < -0.39 is 25.2 Å². The average Bonchev–Trinajstić information content (AvgIpc) is 3.50. The number of ether oxygens (including phenoxy) is 1. The zero-order valence-electron chi connectivity index (χ0n) is 22.3. The van der Waals surface area contributed by atoms with Gasteiger partial charge in [-0.3, -0.25) is 24.5 Å². The summed E-state index contributed by atoms with van der Waals surface area (Å²) < 4.78 is 21.4. The maximum atomic E-state index is 12.7. The van der Waals surface area contributed by atoms with Gasteiger partial charge in [0.05, 0.1) is 19.0 Å². The van der Waals surface area contributed by atoms with Gasteiger partial charge in [0, 0.05) is 23.8 Å². The molecule has 2 aliphatic heterocycles. The molecule has 15 heteroatoms. The Balaban J connectivity index is 1.61. The van der Waals surface area contributed by atoms with Gasteiger partial charge in [-0.25, -0.2) is 4.98 Å². The molecule has 2 N–H and O–H groups in total. The van der Waals surface area contributed by atoms with E-state index in [9.17, 15) is 9.59 Å². The van der Waals surface area contributed by atoms with E-state index in [1.807, 2.05) is 0 Å². The van der Waals surface area contributed by atoms with Crippen LogP contribution in [-0.2, 0) is 18.5 Å². The number of nitrogens with one attached hydrogen (secondary N) is 2. The summed E-state index contributed by atoms with van der Waals surface area (Å²) >= 11 is 8.49. The van der Waals surface area contributed by atoms with Gasteiger partial charge in [0.1, 0.15) is 17.4 Å². The van der Waals surface area contributed by atoms with Crippen molar-refractivity contribution in [3.05, 3.63) is 16.7 Å². The van der Waals surface area contributed by atoms with E-state index in [2.05, 4.69) is 54.1 Å². The first kappa shape index (κ1) is 29.4. The molecule has 0 aliphatic carbocycles. The Bertz CT molecular complexity index is 1200. The van der Waals surface area contributed by atoms with Crippen LogP contribution in [0.3, 0.4) is 0 Å². The van der Waals surface area contributed by atoms with Crippen LogP contribution < -0.4 is 10.9 Å². The summed E-state index contributed by atoms with van der Waals surface area (Å²) in [4.78, 5) is 36.2. The molecule has 1 radical (unpaired) electrons. The highest BCUT2D eigenvalue weighted by molar-refractivity contribution is 9.15. The quantitative estimate of drug-likeness (QED) is 0.203. The largest absolute Gasteiger partial charge is 0.414 e. The second-order valence-electron chi connectivity index (χ2n) is 11.1. The highest BCUT2D eigenvalue weighted by Gasteiger charge is 2.45. The number of amides is 1. The highest BCUT2D eigenvalue weighted by atomic mass is 33.4. The van der Waals surface area contributed by atoms with Crippen LogP contribution in [0, 0.1) is 5.92 Å². The fourth-order valence-corrected chi connectivity index (χ4v) is 14.3. The third-order valence-corrected chi connectivity index (χ3v) is 21.5. The molecule has 2 aliphatic rings. The maximum absolute atomic E-state index is 12.7. The molecule has 2 fully saturated rings. The fraction of sp³-hybridized carbons (Fsp3) is 0.727. The molecule has 207 valence electrons. The lowest BCUT2D eigenvalue weighted by Crippen LogP contribution is -2.44. The summed E-state index contributed by atoms with van der Waals surface area (Å²) in [5.41, 5.74) is 0.104. The van der Waals surface area contributed by atoms with Crippen molar-refractivity contribution in [1.82, 2.24) is 19.5 Å². The lowest BCUT2D eigenvalue weighted by molar-refractivity contribution is -0.118. The number of aromatic amines is 1. The van der Waals surface area contributed by atoms with Crippen LogP contribution >= 0.6 is 40.1 Å². The van der Waals surface area contributed by atoms with E-state index in [4.69, 9.17) is 25.9 Å². The number of hydrogen-bond donors (Lipinski definition) is 3. The minimum absolute atomic E-state index is 0.0681. The lowest BCUT2D eigenvalue weighted by atomic mass is 10.2. The van der Waals surface area contributed by atoms with Gasteiger partial charge >= 0.3 is 0 Å². The first-order valence-corrected chi connectivity index (χ1v) is 21.3. The van der Waals surface area contributed by atoms with Gasteiger partial charge in [0.25, 0.3) is 5.56 Å². The predicted molar refractivity (Wildman–Crippen MR) is 159 cm³/mol. The average molecular weight is 607 g/mol.